The first-order valence-corrected chi connectivity index (χ1v) is 6.68. The van der Waals surface area contributed by atoms with Gasteiger partial charge in [-0.3, -0.25) is 0 Å². The number of benzene rings is 1. The van der Waals surface area contributed by atoms with Crippen LogP contribution in [0.3, 0.4) is 0 Å². The maximum absolute atomic E-state index is 14.1. The fourth-order valence-electron chi connectivity index (χ4n) is 2.21. The molecule has 0 aliphatic rings. The van der Waals surface area contributed by atoms with E-state index in [0.717, 1.165) is 6.42 Å². The second-order valence-electron chi connectivity index (χ2n) is 5.47. The van der Waals surface area contributed by atoms with Crippen LogP contribution in [0.25, 0.3) is 0 Å². The zero-order chi connectivity index (χ0) is 15.4. The standard InChI is InChI=1S/C15H23FN2O2/c1-9(2)6-10(3)18(4)14-7-11(15(19)20-5)13(17)8-12(14)16/h7-10H,6,17H2,1-5H3. The third-order valence-electron chi connectivity index (χ3n) is 3.38. The topological polar surface area (TPSA) is 55.6 Å². The van der Waals surface area contributed by atoms with Crippen LogP contribution in [0.15, 0.2) is 12.1 Å². The molecule has 0 saturated carbocycles. The zero-order valence-corrected chi connectivity index (χ0v) is 12.7. The number of carbonyl (C=O) groups excluding carboxylic acids is 1. The van der Waals surface area contributed by atoms with Crippen LogP contribution in [0.5, 0.6) is 0 Å². The van der Waals surface area contributed by atoms with Gasteiger partial charge in [0.15, 0.2) is 0 Å². The van der Waals surface area contributed by atoms with E-state index in [4.69, 9.17) is 5.73 Å². The molecule has 0 amide bonds. The van der Waals surface area contributed by atoms with E-state index >= 15 is 0 Å². The van der Waals surface area contributed by atoms with Gasteiger partial charge in [-0.15, -0.1) is 0 Å². The third-order valence-corrected chi connectivity index (χ3v) is 3.38. The number of hydrogen-bond acceptors (Lipinski definition) is 4. The molecule has 2 N–H and O–H groups in total. The summed E-state index contributed by atoms with van der Waals surface area (Å²) in [7, 11) is 3.08. The Morgan fingerprint density at radius 3 is 2.50 bits per heavy atom. The Balaban J connectivity index is 3.14. The quantitative estimate of drug-likeness (QED) is 0.666. The van der Waals surface area contributed by atoms with Crippen molar-refractivity contribution in [1.29, 1.82) is 0 Å². The summed E-state index contributed by atoms with van der Waals surface area (Å²) in [6.07, 6.45) is 0.924. The normalized spacial score (nSPS) is 12.3. The number of ether oxygens (including phenoxy) is 1. The number of hydrogen-bond donors (Lipinski definition) is 1. The smallest absolute Gasteiger partial charge is 0.340 e. The minimum absolute atomic E-state index is 0.0861. The Bertz CT molecular complexity index is 489. The van der Waals surface area contributed by atoms with Crippen LogP contribution in [-0.2, 0) is 4.74 Å². The Labute approximate surface area is 119 Å². The van der Waals surface area contributed by atoms with Gasteiger partial charge in [0.1, 0.15) is 5.82 Å². The van der Waals surface area contributed by atoms with E-state index in [0.29, 0.717) is 11.6 Å². The first kappa shape index (κ1) is 16.3. The molecule has 0 bridgehead atoms. The van der Waals surface area contributed by atoms with E-state index < -0.39 is 11.8 Å². The molecule has 20 heavy (non-hydrogen) atoms. The highest BCUT2D eigenvalue weighted by atomic mass is 19.1. The second kappa shape index (κ2) is 6.59. The van der Waals surface area contributed by atoms with E-state index in [1.807, 2.05) is 18.9 Å². The van der Waals surface area contributed by atoms with Crippen LogP contribution >= 0.6 is 0 Å². The fourth-order valence-corrected chi connectivity index (χ4v) is 2.21. The number of anilines is 2. The predicted molar refractivity (Wildman–Crippen MR) is 79.5 cm³/mol. The molecule has 5 heteroatoms. The number of esters is 1. The summed E-state index contributed by atoms with van der Waals surface area (Å²) in [6.45, 7) is 6.25. The maximum atomic E-state index is 14.1. The highest BCUT2D eigenvalue weighted by Crippen LogP contribution is 2.27. The molecule has 1 aromatic rings. The molecular weight excluding hydrogens is 259 g/mol. The van der Waals surface area contributed by atoms with Crippen molar-refractivity contribution < 1.29 is 13.9 Å². The van der Waals surface area contributed by atoms with Gasteiger partial charge in [0.25, 0.3) is 0 Å². The largest absolute Gasteiger partial charge is 0.465 e. The Morgan fingerprint density at radius 1 is 1.40 bits per heavy atom. The number of nitrogen functional groups attached to an aromatic ring is 1. The lowest BCUT2D eigenvalue weighted by Gasteiger charge is -2.29. The van der Waals surface area contributed by atoms with Crippen LogP contribution in [0.2, 0.25) is 0 Å². The summed E-state index contributed by atoms with van der Waals surface area (Å²) >= 11 is 0. The van der Waals surface area contributed by atoms with E-state index in [1.54, 1.807) is 0 Å². The molecule has 1 atom stereocenters. The highest BCUT2D eigenvalue weighted by Gasteiger charge is 2.20. The minimum atomic E-state index is -0.561. The molecular formula is C15H23FN2O2. The van der Waals surface area contributed by atoms with Gasteiger partial charge in [-0.1, -0.05) is 13.8 Å². The lowest BCUT2D eigenvalue weighted by atomic mass is 10.0. The van der Waals surface area contributed by atoms with E-state index in [2.05, 4.69) is 18.6 Å². The van der Waals surface area contributed by atoms with Gasteiger partial charge in [-0.2, -0.15) is 0 Å². The number of nitrogens with two attached hydrogens (primary N) is 1. The van der Waals surface area contributed by atoms with Gasteiger partial charge < -0.3 is 15.4 Å². The minimum Gasteiger partial charge on any atom is -0.465 e. The van der Waals surface area contributed by atoms with Crippen molar-refractivity contribution in [2.75, 3.05) is 24.8 Å². The molecule has 0 saturated heterocycles. The summed E-state index contributed by atoms with van der Waals surface area (Å²) in [5, 5.41) is 0. The molecule has 0 aliphatic heterocycles. The van der Waals surface area contributed by atoms with Crippen molar-refractivity contribution in [2.45, 2.75) is 33.2 Å². The highest BCUT2D eigenvalue weighted by molar-refractivity contribution is 5.96. The lowest BCUT2D eigenvalue weighted by molar-refractivity contribution is 0.0602. The van der Waals surface area contributed by atoms with Crippen LogP contribution in [-0.4, -0.2) is 26.2 Å². The van der Waals surface area contributed by atoms with E-state index in [1.165, 1.54) is 19.2 Å². The van der Waals surface area contributed by atoms with Gasteiger partial charge >= 0.3 is 5.97 Å². The summed E-state index contributed by atoms with van der Waals surface area (Å²) in [5.74, 6) is -0.494. The lowest BCUT2D eigenvalue weighted by Crippen LogP contribution is -2.31. The van der Waals surface area contributed by atoms with Crippen LogP contribution in [0.1, 0.15) is 37.6 Å². The summed E-state index contributed by atoms with van der Waals surface area (Å²) < 4.78 is 18.7. The van der Waals surface area contributed by atoms with E-state index in [9.17, 15) is 9.18 Å². The van der Waals surface area contributed by atoms with Crippen molar-refractivity contribution in [2.24, 2.45) is 5.92 Å². The van der Waals surface area contributed by atoms with Crippen LogP contribution < -0.4 is 10.6 Å². The molecule has 0 aliphatic carbocycles. The fraction of sp³-hybridized carbons (Fsp3) is 0.533. The molecule has 0 spiro atoms. The molecule has 1 rings (SSSR count). The van der Waals surface area contributed by atoms with Gasteiger partial charge in [0, 0.05) is 18.8 Å². The molecule has 4 nitrogen and oxygen atoms in total. The zero-order valence-electron chi connectivity index (χ0n) is 12.7. The SMILES string of the molecule is COC(=O)c1cc(N(C)C(C)CC(C)C)c(F)cc1N. The molecule has 0 aromatic heterocycles. The van der Waals surface area contributed by atoms with Crippen molar-refractivity contribution >= 4 is 17.3 Å². The molecule has 1 aromatic carbocycles. The van der Waals surface area contributed by atoms with Crippen LogP contribution in [0.4, 0.5) is 15.8 Å². The van der Waals surface area contributed by atoms with Gasteiger partial charge in [-0.05, 0) is 31.4 Å². The number of halogens is 1. The van der Waals surface area contributed by atoms with Crippen molar-refractivity contribution in [3.05, 3.63) is 23.5 Å². The monoisotopic (exact) mass is 282 g/mol. The summed E-state index contributed by atoms with van der Waals surface area (Å²) in [6, 6.07) is 2.77. The summed E-state index contributed by atoms with van der Waals surface area (Å²) in [4.78, 5) is 13.4. The Morgan fingerprint density at radius 2 is 2.00 bits per heavy atom. The third kappa shape index (κ3) is 3.62. The number of carbonyl (C=O) groups is 1. The molecule has 112 valence electrons. The molecule has 0 fully saturated rings. The number of methoxy groups -OCH3 is 1. The Hall–Kier alpha value is -1.78. The van der Waals surface area contributed by atoms with Gasteiger partial charge in [0.05, 0.1) is 18.4 Å². The van der Waals surface area contributed by atoms with Gasteiger partial charge in [-0.25, -0.2) is 9.18 Å². The number of nitrogens with zero attached hydrogens (tertiary/aromatic N) is 1. The predicted octanol–water partition coefficient (Wildman–Crippen LogP) is 3.07. The van der Waals surface area contributed by atoms with Gasteiger partial charge in [0.2, 0.25) is 0 Å². The average Bonchev–Trinajstić information content (AvgIpc) is 2.36. The first-order valence-electron chi connectivity index (χ1n) is 6.68. The summed E-state index contributed by atoms with van der Waals surface area (Å²) in [5.41, 5.74) is 6.29. The van der Waals surface area contributed by atoms with Crippen molar-refractivity contribution in [3.8, 4) is 0 Å². The molecule has 1 unspecified atom stereocenters. The first-order chi connectivity index (χ1) is 9.27. The van der Waals surface area contributed by atoms with Crippen molar-refractivity contribution in [3.63, 3.8) is 0 Å². The molecule has 0 heterocycles. The number of rotatable bonds is 5. The van der Waals surface area contributed by atoms with E-state index in [-0.39, 0.29) is 17.3 Å². The second-order valence-corrected chi connectivity index (χ2v) is 5.47. The Kier molecular flexibility index (Phi) is 5.36. The average molecular weight is 282 g/mol. The van der Waals surface area contributed by atoms with Crippen LogP contribution in [0, 0.1) is 11.7 Å². The maximum Gasteiger partial charge on any atom is 0.340 e. The molecule has 0 radical (unpaired) electrons. The van der Waals surface area contributed by atoms with Crippen molar-refractivity contribution in [1.82, 2.24) is 0 Å².